The summed E-state index contributed by atoms with van der Waals surface area (Å²) in [5, 5.41) is 0. The van der Waals surface area contributed by atoms with Gasteiger partial charge in [0, 0.05) is 20.3 Å². The molecule has 0 radical (unpaired) electrons. The Morgan fingerprint density at radius 1 is 1.36 bits per heavy atom. The Morgan fingerprint density at radius 3 is 2.27 bits per heavy atom. The molecule has 11 heavy (non-hydrogen) atoms. The van der Waals surface area contributed by atoms with Crippen molar-refractivity contribution in [3.63, 3.8) is 0 Å². The Bertz CT molecular complexity index is 113. The molecule has 4 nitrogen and oxygen atoms in total. The molecule has 0 rings (SSSR count). The molecule has 0 amide bonds. The average molecular weight is 178 g/mol. The summed E-state index contributed by atoms with van der Waals surface area (Å²) in [7, 11) is 1.20. The molecule has 0 aliphatic heterocycles. The van der Waals surface area contributed by atoms with Crippen LogP contribution < -0.4 is 0 Å². The lowest BCUT2D eigenvalue weighted by Gasteiger charge is -2.21. The van der Waals surface area contributed by atoms with Crippen molar-refractivity contribution in [1.29, 1.82) is 0 Å². The number of carbonyl (C=O) groups is 1. The minimum atomic E-state index is -2.02. The van der Waals surface area contributed by atoms with Gasteiger partial charge in [-0.1, -0.05) is 0 Å². The van der Waals surface area contributed by atoms with Crippen molar-refractivity contribution in [2.45, 2.75) is 12.6 Å². The van der Waals surface area contributed by atoms with Gasteiger partial charge in [0.05, 0.1) is 6.61 Å². The molecular weight excluding hydrogens is 164 g/mol. The van der Waals surface area contributed by atoms with Gasteiger partial charge in [-0.2, -0.15) is 0 Å². The molecule has 0 bridgehead atoms. The van der Waals surface area contributed by atoms with Crippen LogP contribution in [0.4, 0.5) is 0 Å². The summed E-state index contributed by atoms with van der Waals surface area (Å²) < 4.78 is 14.8. The smallest absolute Gasteiger partial charge is 0.337 e. The molecule has 0 aliphatic carbocycles. The molecule has 0 atom stereocenters. The highest BCUT2D eigenvalue weighted by atomic mass is 28.4. The Hall–Kier alpha value is -0.393. The molecule has 66 valence electrons. The predicted octanol–water partition coefficient (Wildman–Crippen LogP) is 0.524. The van der Waals surface area contributed by atoms with E-state index in [2.05, 4.69) is 4.74 Å². The van der Waals surface area contributed by atoms with Crippen LogP contribution in [0.2, 0.25) is 12.6 Å². The van der Waals surface area contributed by atoms with Gasteiger partial charge in [0.15, 0.2) is 0 Å². The molecule has 0 heterocycles. The van der Waals surface area contributed by atoms with E-state index in [0.29, 0.717) is 19.1 Å². The molecule has 0 spiro atoms. The first-order valence-electron chi connectivity index (χ1n) is 3.34. The van der Waals surface area contributed by atoms with E-state index in [0.717, 1.165) is 0 Å². The van der Waals surface area contributed by atoms with Crippen LogP contribution in [0.1, 0.15) is 0 Å². The fourth-order valence-electron chi connectivity index (χ4n) is 0.580. The maximum Gasteiger partial charge on any atom is 0.337 e. The quantitative estimate of drug-likeness (QED) is 0.338. The lowest BCUT2D eigenvalue weighted by atomic mass is 10.9. The van der Waals surface area contributed by atoms with Gasteiger partial charge < -0.3 is 13.6 Å². The first kappa shape index (κ1) is 10.6. The Morgan fingerprint density at radius 2 is 1.91 bits per heavy atom. The van der Waals surface area contributed by atoms with Crippen LogP contribution in [0.25, 0.3) is 0 Å². The molecule has 0 saturated carbocycles. The fourth-order valence-corrected chi connectivity index (χ4v) is 1.64. The zero-order valence-corrected chi connectivity index (χ0v) is 8.12. The maximum atomic E-state index is 9.78. The Labute approximate surface area is 67.7 Å². The first-order chi connectivity index (χ1) is 5.18. The summed E-state index contributed by atoms with van der Waals surface area (Å²) in [6, 6.07) is 0.665. The summed E-state index contributed by atoms with van der Waals surface area (Å²) in [5.74, 6) is 0. The molecule has 0 aromatic rings. The van der Waals surface area contributed by atoms with E-state index < -0.39 is 8.56 Å². The third-order valence-electron chi connectivity index (χ3n) is 1.61. The molecule has 0 aromatic heterocycles. The van der Waals surface area contributed by atoms with Gasteiger partial charge in [-0.25, -0.2) is 0 Å². The minimum Gasteiger partial charge on any atom is -0.468 e. The highest BCUT2D eigenvalue weighted by Crippen LogP contribution is 2.09. The molecule has 5 heteroatoms. The molecular formula is C6H14O4Si. The van der Waals surface area contributed by atoms with E-state index >= 15 is 0 Å². The monoisotopic (exact) mass is 178 g/mol. The summed E-state index contributed by atoms with van der Waals surface area (Å²) in [6.07, 6.45) is 0. The Balaban J connectivity index is 3.59. The minimum absolute atomic E-state index is 0.369. The van der Waals surface area contributed by atoms with Gasteiger partial charge in [-0.3, -0.25) is 4.79 Å². The van der Waals surface area contributed by atoms with Crippen molar-refractivity contribution in [1.82, 2.24) is 0 Å². The van der Waals surface area contributed by atoms with Crippen molar-refractivity contribution < 1.29 is 18.4 Å². The highest BCUT2D eigenvalue weighted by Gasteiger charge is 2.28. The standard InChI is InChI=1S/C6H14O4Si/c1-8-11(3,9-2)5-4-10-6-7/h6H,4-5H2,1-3H3. The second-order valence-electron chi connectivity index (χ2n) is 2.26. The number of hydrogen-bond donors (Lipinski definition) is 0. The van der Waals surface area contributed by atoms with Gasteiger partial charge in [-0.05, 0) is 6.55 Å². The lowest BCUT2D eigenvalue weighted by Crippen LogP contribution is -2.37. The van der Waals surface area contributed by atoms with Gasteiger partial charge in [0.25, 0.3) is 6.47 Å². The van der Waals surface area contributed by atoms with Gasteiger partial charge >= 0.3 is 8.56 Å². The van der Waals surface area contributed by atoms with Crippen molar-refractivity contribution in [2.75, 3.05) is 20.8 Å². The van der Waals surface area contributed by atoms with Crippen molar-refractivity contribution in [3.8, 4) is 0 Å². The van der Waals surface area contributed by atoms with E-state index in [1.807, 2.05) is 6.55 Å². The summed E-state index contributed by atoms with van der Waals surface area (Å²) in [4.78, 5) is 9.78. The fraction of sp³-hybridized carbons (Fsp3) is 0.833. The topological polar surface area (TPSA) is 44.8 Å². The molecule has 0 saturated heterocycles. The number of carbonyl (C=O) groups excluding carboxylic acids is 1. The van der Waals surface area contributed by atoms with E-state index in [1.54, 1.807) is 14.2 Å². The van der Waals surface area contributed by atoms with Crippen LogP contribution in [-0.2, 0) is 18.4 Å². The second kappa shape index (κ2) is 5.28. The zero-order valence-electron chi connectivity index (χ0n) is 7.12. The van der Waals surface area contributed by atoms with Crippen LogP contribution in [0.5, 0.6) is 0 Å². The van der Waals surface area contributed by atoms with E-state index in [9.17, 15) is 4.79 Å². The highest BCUT2D eigenvalue weighted by molar-refractivity contribution is 6.65. The second-order valence-corrected chi connectivity index (χ2v) is 5.84. The Kier molecular flexibility index (Phi) is 5.09. The number of rotatable bonds is 6. The third kappa shape index (κ3) is 4.13. The van der Waals surface area contributed by atoms with E-state index in [1.165, 1.54) is 0 Å². The number of ether oxygens (including phenoxy) is 1. The first-order valence-corrected chi connectivity index (χ1v) is 5.86. The summed E-state index contributed by atoms with van der Waals surface area (Å²) in [6.45, 7) is 2.72. The van der Waals surface area contributed by atoms with Gasteiger partial charge in [0.2, 0.25) is 0 Å². The van der Waals surface area contributed by atoms with Crippen LogP contribution in [0, 0.1) is 0 Å². The van der Waals surface area contributed by atoms with Crippen LogP contribution in [0.3, 0.4) is 0 Å². The normalized spacial score (nSPS) is 11.2. The van der Waals surface area contributed by atoms with Crippen LogP contribution >= 0.6 is 0 Å². The summed E-state index contributed by atoms with van der Waals surface area (Å²) >= 11 is 0. The molecule has 0 aliphatic rings. The largest absolute Gasteiger partial charge is 0.468 e. The number of hydrogen-bond acceptors (Lipinski definition) is 4. The van der Waals surface area contributed by atoms with Crippen molar-refractivity contribution in [2.24, 2.45) is 0 Å². The lowest BCUT2D eigenvalue weighted by molar-refractivity contribution is -0.128. The van der Waals surface area contributed by atoms with Crippen LogP contribution in [-0.4, -0.2) is 35.9 Å². The van der Waals surface area contributed by atoms with Gasteiger partial charge in [0.1, 0.15) is 0 Å². The predicted molar refractivity (Wildman–Crippen MR) is 42.5 cm³/mol. The van der Waals surface area contributed by atoms with Crippen LogP contribution in [0.15, 0.2) is 0 Å². The van der Waals surface area contributed by atoms with E-state index in [-0.39, 0.29) is 0 Å². The third-order valence-corrected chi connectivity index (χ3v) is 4.45. The zero-order chi connectivity index (χ0) is 8.74. The average Bonchev–Trinajstić information content (AvgIpc) is 2.05. The van der Waals surface area contributed by atoms with Gasteiger partial charge in [-0.15, -0.1) is 0 Å². The summed E-state index contributed by atoms with van der Waals surface area (Å²) in [5.41, 5.74) is 0. The SMILES string of the molecule is CO[Si](C)(CCOC=O)OC. The van der Waals surface area contributed by atoms with Crippen molar-refractivity contribution in [3.05, 3.63) is 0 Å². The molecule has 0 N–H and O–H groups in total. The molecule has 0 unspecified atom stereocenters. The van der Waals surface area contributed by atoms with Crippen molar-refractivity contribution >= 4 is 15.0 Å². The van der Waals surface area contributed by atoms with E-state index in [4.69, 9.17) is 8.85 Å². The molecule has 0 fully saturated rings. The molecule has 0 aromatic carbocycles. The maximum absolute atomic E-state index is 9.78.